The summed E-state index contributed by atoms with van der Waals surface area (Å²) < 4.78 is 5.77. The Bertz CT molecular complexity index is 617. The molecule has 1 heterocycles. The summed E-state index contributed by atoms with van der Waals surface area (Å²) in [6, 6.07) is 17.6. The summed E-state index contributed by atoms with van der Waals surface area (Å²) in [5.41, 5.74) is 1.12. The van der Waals surface area contributed by atoms with E-state index in [1.807, 2.05) is 54.6 Å². The number of anilines is 1. The van der Waals surface area contributed by atoms with Crippen LogP contribution in [0, 0.1) is 5.92 Å². The SMILES string of the molecule is O=C(O)C1CCN(c2ccc(Oc3ccccc3)cc2)CC1. The third-order valence-electron chi connectivity index (χ3n) is 4.02. The molecule has 2 aromatic rings. The maximum absolute atomic E-state index is 11.0. The van der Waals surface area contributed by atoms with Gasteiger partial charge in [-0.3, -0.25) is 4.79 Å². The Morgan fingerprint density at radius 1 is 0.955 bits per heavy atom. The molecule has 1 N–H and O–H groups in total. The molecule has 1 aliphatic rings. The number of rotatable bonds is 4. The van der Waals surface area contributed by atoms with Crippen LogP contribution in [0.3, 0.4) is 0 Å². The van der Waals surface area contributed by atoms with Crippen LogP contribution in [0.5, 0.6) is 11.5 Å². The summed E-state index contributed by atoms with van der Waals surface area (Å²) in [6.45, 7) is 1.58. The smallest absolute Gasteiger partial charge is 0.306 e. The van der Waals surface area contributed by atoms with Crippen molar-refractivity contribution in [3.05, 3.63) is 54.6 Å². The molecule has 0 aromatic heterocycles. The predicted molar refractivity (Wildman–Crippen MR) is 85.5 cm³/mol. The number of aliphatic carboxylic acids is 1. The molecule has 1 fully saturated rings. The zero-order valence-electron chi connectivity index (χ0n) is 12.3. The normalized spacial score (nSPS) is 15.5. The number of piperidine rings is 1. The van der Waals surface area contributed by atoms with Crippen LogP contribution in [0.1, 0.15) is 12.8 Å². The van der Waals surface area contributed by atoms with E-state index >= 15 is 0 Å². The Balaban J connectivity index is 1.61. The molecule has 0 unspecified atom stereocenters. The van der Waals surface area contributed by atoms with Crippen molar-refractivity contribution in [2.75, 3.05) is 18.0 Å². The van der Waals surface area contributed by atoms with E-state index in [2.05, 4.69) is 4.90 Å². The number of carboxylic acids is 1. The molecular weight excluding hydrogens is 278 g/mol. The molecule has 0 atom stereocenters. The molecule has 4 nitrogen and oxygen atoms in total. The van der Waals surface area contributed by atoms with Crippen LogP contribution in [0.2, 0.25) is 0 Å². The van der Waals surface area contributed by atoms with Crippen LogP contribution in [0.15, 0.2) is 54.6 Å². The summed E-state index contributed by atoms with van der Waals surface area (Å²) in [7, 11) is 0. The van der Waals surface area contributed by atoms with E-state index < -0.39 is 5.97 Å². The molecule has 0 spiro atoms. The Morgan fingerprint density at radius 3 is 2.14 bits per heavy atom. The first kappa shape index (κ1) is 14.4. The highest BCUT2D eigenvalue weighted by atomic mass is 16.5. The van der Waals surface area contributed by atoms with Crippen LogP contribution >= 0.6 is 0 Å². The van der Waals surface area contributed by atoms with Crippen LogP contribution < -0.4 is 9.64 Å². The van der Waals surface area contributed by atoms with Gasteiger partial charge in [-0.25, -0.2) is 0 Å². The first-order valence-electron chi connectivity index (χ1n) is 7.53. The zero-order valence-corrected chi connectivity index (χ0v) is 12.3. The summed E-state index contributed by atoms with van der Waals surface area (Å²) in [5, 5.41) is 9.04. The molecular formula is C18H19NO3. The van der Waals surface area contributed by atoms with E-state index in [1.54, 1.807) is 0 Å². The van der Waals surface area contributed by atoms with E-state index in [1.165, 1.54) is 0 Å². The summed E-state index contributed by atoms with van der Waals surface area (Å²) in [4.78, 5) is 13.2. The minimum Gasteiger partial charge on any atom is -0.481 e. The Hall–Kier alpha value is -2.49. The van der Waals surface area contributed by atoms with Crippen LogP contribution in [0.25, 0.3) is 0 Å². The molecule has 114 valence electrons. The van der Waals surface area contributed by atoms with Gasteiger partial charge >= 0.3 is 5.97 Å². The monoisotopic (exact) mass is 297 g/mol. The van der Waals surface area contributed by atoms with Crippen molar-refractivity contribution in [1.29, 1.82) is 0 Å². The van der Waals surface area contributed by atoms with Crippen molar-refractivity contribution in [1.82, 2.24) is 0 Å². The lowest BCUT2D eigenvalue weighted by Gasteiger charge is -2.32. The molecule has 0 radical (unpaired) electrons. The number of benzene rings is 2. The fraction of sp³-hybridized carbons (Fsp3) is 0.278. The van der Waals surface area contributed by atoms with Gasteiger partial charge in [-0.15, -0.1) is 0 Å². The zero-order chi connectivity index (χ0) is 15.4. The number of hydrogen-bond donors (Lipinski definition) is 1. The van der Waals surface area contributed by atoms with E-state index in [0.717, 1.165) is 30.3 Å². The van der Waals surface area contributed by atoms with Gasteiger partial charge in [0.05, 0.1) is 5.92 Å². The number of carbonyl (C=O) groups is 1. The van der Waals surface area contributed by atoms with Gasteiger partial charge in [0.1, 0.15) is 11.5 Å². The van der Waals surface area contributed by atoms with Crippen molar-refractivity contribution in [2.45, 2.75) is 12.8 Å². The van der Waals surface area contributed by atoms with Gasteiger partial charge in [0.15, 0.2) is 0 Å². The molecule has 0 bridgehead atoms. The molecule has 1 saturated heterocycles. The highest BCUT2D eigenvalue weighted by Crippen LogP contribution is 2.27. The number of para-hydroxylation sites is 1. The first-order chi connectivity index (χ1) is 10.7. The number of hydrogen-bond acceptors (Lipinski definition) is 3. The molecule has 3 rings (SSSR count). The summed E-state index contributed by atoms with van der Waals surface area (Å²) in [5.74, 6) is 0.746. The van der Waals surface area contributed by atoms with Crippen LogP contribution in [0.4, 0.5) is 5.69 Å². The lowest BCUT2D eigenvalue weighted by atomic mass is 9.97. The highest BCUT2D eigenvalue weighted by Gasteiger charge is 2.24. The standard InChI is InChI=1S/C18H19NO3/c20-18(21)14-10-12-19(13-11-14)15-6-8-17(9-7-15)22-16-4-2-1-3-5-16/h1-9,14H,10-13H2,(H,20,21). The summed E-state index contributed by atoms with van der Waals surface area (Å²) in [6.07, 6.45) is 1.41. The average Bonchev–Trinajstić information content (AvgIpc) is 2.57. The lowest BCUT2D eigenvalue weighted by molar-refractivity contribution is -0.142. The van der Waals surface area contributed by atoms with Crippen molar-refractivity contribution in [3.8, 4) is 11.5 Å². The number of carboxylic acid groups (broad SMARTS) is 1. The Morgan fingerprint density at radius 2 is 1.55 bits per heavy atom. The van der Waals surface area contributed by atoms with Crippen molar-refractivity contribution in [2.24, 2.45) is 5.92 Å². The van der Waals surface area contributed by atoms with E-state index in [0.29, 0.717) is 12.8 Å². The molecule has 1 aliphatic heterocycles. The fourth-order valence-electron chi connectivity index (χ4n) is 2.73. The van der Waals surface area contributed by atoms with E-state index in [9.17, 15) is 4.79 Å². The number of ether oxygens (including phenoxy) is 1. The second kappa shape index (κ2) is 6.52. The van der Waals surface area contributed by atoms with Gasteiger partial charge in [-0.05, 0) is 49.2 Å². The Labute approximate surface area is 130 Å². The number of nitrogens with zero attached hydrogens (tertiary/aromatic N) is 1. The molecule has 0 saturated carbocycles. The van der Waals surface area contributed by atoms with Gasteiger partial charge in [-0.2, -0.15) is 0 Å². The predicted octanol–water partition coefficient (Wildman–Crippen LogP) is 3.78. The van der Waals surface area contributed by atoms with Gasteiger partial charge in [-0.1, -0.05) is 18.2 Å². The summed E-state index contributed by atoms with van der Waals surface area (Å²) >= 11 is 0. The third-order valence-corrected chi connectivity index (χ3v) is 4.02. The van der Waals surface area contributed by atoms with Gasteiger partial charge in [0.2, 0.25) is 0 Å². The highest BCUT2D eigenvalue weighted by molar-refractivity contribution is 5.70. The average molecular weight is 297 g/mol. The minimum atomic E-state index is -0.675. The third kappa shape index (κ3) is 3.39. The molecule has 2 aromatic carbocycles. The van der Waals surface area contributed by atoms with Gasteiger partial charge in [0, 0.05) is 18.8 Å². The van der Waals surface area contributed by atoms with Crippen molar-refractivity contribution < 1.29 is 14.6 Å². The van der Waals surface area contributed by atoms with Crippen LogP contribution in [-0.4, -0.2) is 24.2 Å². The van der Waals surface area contributed by atoms with Crippen molar-refractivity contribution in [3.63, 3.8) is 0 Å². The maximum Gasteiger partial charge on any atom is 0.306 e. The molecule has 0 amide bonds. The molecule has 22 heavy (non-hydrogen) atoms. The fourth-order valence-corrected chi connectivity index (χ4v) is 2.73. The van der Waals surface area contributed by atoms with Crippen LogP contribution in [-0.2, 0) is 4.79 Å². The van der Waals surface area contributed by atoms with Crippen molar-refractivity contribution >= 4 is 11.7 Å². The van der Waals surface area contributed by atoms with Gasteiger partial charge < -0.3 is 14.7 Å². The van der Waals surface area contributed by atoms with E-state index in [-0.39, 0.29) is 5.92 Å². The second-order valence-corrected chi connectivity index (χ2v) is 5.51. The van der Waals surface area contributed by atoms with Gasteiger partial charge in [0.25, 0.3) is 0 Å². The minimum absolute atomic E-state index is 0.197. The second-order valence-electron chi connectivity index (χ2n) is 5.51. The molecule has 4 heteroatoms. The quantitative estimate of drug-likeness (QED) is 0.933. The first-order valence-corrected chi connectivity index (χ1v) is 7.53. The topological polar surface area (TPSA) is 49.8 Å². The Kier molecular flexibility index (Phi) is 4.28. The lowest BCUT2D eigenvalue weighted by Crippen LogP contribution is -2.36. The molecule has 0 aliphatic carbocycles. The van der Waals surface area contributed by atoms with E-state index in [4.69, 9.17) is 9.84 Å². The largest absolute Gasteiger partial charge is 0.481 e. The maximum atomic E-state index is 11.0.